The summed E-state index contributed by atoms with van der Waals surface area (Å²) in [6, 6.07) is 16.8. The molecule has 25 heavy (non-hydrogen) atoms. The van der Waals surface area contributed by atoms with Gasteiger partial charge in [0.2, 0.25) is 0 Å². The number of rotatable bonds is 3. The summed E-state index contributed by atoms with van der Waals surface area (Å²) in [5.74, 6) is 0. The van der Waals surface area contributed by atoms with Crippen LogP contribution in [-0.4, -0.2) is 28.8 Å². The summed E-state index contributed by atoms with van der Waals surface area (Å²) >= 11 is 0. The quantitative estimate of drug-likeness (QED) is 0.765. The molecule has 0 bridgehead atoms. The van der Waals surface area contributed by atoms with Gasteiger partial charge in [-0.3, -0.25) is 4.98 Å². The first kappa shape index (κ1) is 16.2. The summed E-state index contributed by atoms with van der Waals surface area (Å²) in [5.41, 5.74) is 5.28. The van der Waals surface area contributed by atoms with Crippen LogP contribution in [0.4, 0.5) is 0 Å². The van der Waals surface area contributed by atoms with E-state index < -0.39 is 5.60 Å². The summed E-state index contributed by atoms with van der Waals surface area (Å²) in [4.78, 5) is 4.60. The van der Waals surface area contributed by atoms with Crippen molar-refractivity contribution in [1.82, 2.24) is 10.3 Å². The zero-order valence-corrected chi connectivity index (χ0v) is 14.6. The standard InChI is InChI=1S/C22H24N2O/c1-16-19-4-2-3-5-21(19)24-15-20(16)18-8-6-17(7-9-18)14-22(25)10-12-23-13-11-22/h2-9,15,23,25H,10-14H2,1H3. The summed E-state index contributed by atoms with van der Waals surface area (Å²) in [6.07, 6.45) is 4.34. The highest BCUT2D eigenvalue weighted by atomic mass is 16.3. The van der Waals surface area contributed by atoms with Crippen LogP contribution >= 0.6 is 0 Å². The van der Waals surface area contributed by atoms with Crippen LogP contribution in [0.15, 0.2) is 54.7 Å². The third kappa shape index (κ3) is 3.30. The number of nitrogens with one attached hydrogen (secondary N) is 1. The lowest BCUT2D eigenvalue weighted by molar-refractivity contribution is 0.0109. The van der Waals surface area contributed by atoms with E-state index in [9.17, 15) is 5.11 Å². The molecule has 3 heteroatoms. The van der Waals surface area contributed by atoms with Crippen molar-refractivity contribution >= 4 is 10.9 Å². The zero-order valence-electron chi connectivity index (χ0n) is 14.6. The zero-order chi connectivity index (χ0) is 17.3. The number of aromatic nitrogens is 1. The second-order valence-corrected chi connectivity index (χ2v) is 7.16. The number of piperidine rings is 1. The van der Waals surface area contributed by atoms with Crippen LogP contribution in [0.2, 0.25) is 0 Å². The van der Waals surface area contributed by atoms with Gasteiger partial charge >= 0.3 is 0 Å². The number of para-hydroxylation sites is 1. The number of hydrogen-bond donors (Lipinski definition) is 2. The van der Waals surface area contributed by atoms with Gasteiger partial charge in [-0.05, 0) is 55.6 Å². The smallest absolute Gasteiger partial charge is 0.0712 e. The largest absolute Gasteiger partial charge is 0.389 e. The second-order valence-electron chi connectivity index (χ2n) is 7.16. The van der Waals surface area contributed by atoms with E-state index in [2.05, 4.69) is 59.7 Å². The lowest BCUT2D eigenvalue weighted by Gasteiger charge is -2.32. The summed E-state index contributed by atoms with van der Waals surface area (Å²) in [5, 5.41) is 15.2. The van der Waals surface area contributed by atoms with Crippen LogP contribution in [0.1, 0.15) is 24.0 Å². The fourth-order valence-corrected chi connectivity index (χ4v) is 3.82. The number of hydrogen-bond acceptors (Lipinski definition) is 3. The van der Waals surface area contributed by atoms with E-state index in [0.717, 1.165) is 37.9 Å². The molecule has 2 N–H and O–H groups in total. The van der Waals surface area contributed by atoms with Gasteiger partial charge < -0.3 is 10.4 Å². The molecule has 2 aromatic carbocycles. The number of pyridine rings is 1. The molecule has 4 rings (SSSR count). The Bertz CT molecular complexity index is 880. The summed E-state index contributed by atoms with van der Waals surface area (Å²) < 4.78 is 0. The molecule has 0 saturated carbocycles. The van der Waals surface area contributed by atoms with Crippen molar-refractivity contribution in [3.63, 3.8) is 0 Å². The second kappa shape index (κ2) is 6.58. The number of nitrogens with zero attached hydrogens (tertiary/aromatic N) is 1. The number of aryl methyl sites for hydroxylation is 1. The molecular formula is C22H24N2O. The maximum Gasteiger partial charge on any atom is 0.0712 e. The van der Waals surface area contributed by atoms with Crippen LogP contribution in [0.25, 0.3) is 22.0 Å². The Balaban J connectivity index is 1.61. The van der Waals surface area contributed by atoms with Crippen LogP contribution < -0.4 is 5.32 Å². The molecule has 1 saturated heterocycles. The first-order chi connectivity index (χ1) is 12.1. The van der Waals surface area contributed by atoms with Gasteiger partial charge in [0, 0.05) is 23.6 Å². The minimum atomic E-state index is -0.562. The van der Waals surface area contributed by atoms with E-state index in [1.807, 2.05) is 12.3 Å². The Labute approximate surface area is 148 Å². The average molecular weight is 332 g/mol. The molecule has 0 amide bonds. The van der Waals surface area contributed by atoms with E-state index in [-0.39, 0.29) is 0 Å². The van der Waals surface area contributed by atoms with Gasteiger partial charge in [-0.2, -0.15) is 0 Å². The van der Waals surface area contributed by atoms with E-state index in [0.29, 0.717) is 0 Å². The van der Waals surface area contributed by atoms with Crippen LogP contribution in [-0.2, 0) is 6.42 Å². The Morgan fingerprint density at radius 2 is 1.76 bits per heavy atom. The van der Waals surface area contributed by atoms with Crippen LogP contribution in [0, 0.1) is 6.92 Å². The fraction of sp³-hybridized carbons (Fsp3) is 0.318. The third-order valence-corrected chi connectivity index (χ3v) is 5.38. The Morgan fingerprint density at radius 1 is 1.04 bits per heavy atom. The fourth-order valence-electron chi connectivity index (χ4n) is 3.82. The van der Waals surface area contributed by atoms with E-state index in [1.165, 1.54) is 27.6 Å². The van der Waals surface area contributed by atoms with Gasteiger partial charge in [-0.1, -0.05) is 42.5 Å². The maximum absolute atomic E-state index is 10.7. The van der Waals surface area contributed by atoms with Crippen molar-refractivity contribution in [2.45, 2.75) is 31.8 Å². The molecule has 1 aromatic heterocycles. The maximum atomic E-state index is 10.7. The van der Waals surface area contributed by atoms with Gasteiger partial charge in [0.05, 0.1) is 11.1 Å². The number of aliphatic hydroxyl groups is 1. The average Bonchev–Trinajstić information content (AvgIpc) is 2.63. The molecule has 3 aromatic rings. The van der Waals surface area contributed by atoms with Gasteiger partial charge in [0.1, 0.15) is 0 Å². The first-order valence-electron chi connectivity index (χ1n) is 9.01. The highest BCUT2D eigenvalue weighted by Gasteiger charge is 2.29. The normalized spacial score (nSPS) is 16.9. The van der Waals surface area contributed by atoms with E-state index >= 15 is 0 Å². The molecular weight excluding hydrogens is 308 g/mol. The monoisotopic (exact) mass is 332 g/mol. The van der Waals surface area contributed by atoms with Crippen molar-refractivity contribution in [3.05, 3.63) is 65.9 Å². The molecule has 1 aliphatic heterocycles. The molecule has 0 aliphatic carbocycles. The Kier molecular flexibility index (Phi) is 4.28. The van der Waals surface area contributed by atoms with Crippen LogP contribution in [0.3, 0.4) is 0 Å². The number of fused-ring (bicyclic) bond motifs is 1. The topological polar surface area (TPSA) is 45.1 Å². The first-order valence-corrected chi connectivity index (χ1v) is 9.01. The summed E-state index contributed by atoms with van der Waals surface area (Å²) in [7, 11) is 0. The molecule has 0 spiro atoms. The van der Waals surface area contributed by atoms with Crippen molar-refractivity contribution in [2.75, 3.05) is 13.1 Å². The molecule has 1 fully saturated rings. The predicted molar refractivity (Wildman–Crippen MR) is 103 cm³/mol. The number of benzene rings is 2. The lowest BCUT2D eigenvalue weighted by atomic mass is 9.85. The minimum Gasteiger partial charge on any atom is -0.389 e. The van der Waals surface area contributed by atoms with Gasteiger partial charge in [0.15, 0.2) is 0 Å². The summed E-state index contributed by atoms with van der Waals surface area (Å²) in [6.45, 7) is 3.96. The molecule has 128 valence electrons. The molecule has 2 heterocycles. The van der Waals surface area contributed by atoms with Crippen LogP contribution in [0.5, 0.6) is 0 Å². The molecule has 0 radical (unpaired) electrons. The van der Waals surface area contributed by atoms with E-state index in [1.54, 1.807) is 0 Å². The Morgan fingerprint density at radius 3 is 2.52 bits per heavy atom. The lowest BCUT2D eigenvalue weighted by Crippen LogP contribution is -2.43. The van der Waals surface area contributed by atoms with Gasteiger partial charge in [-0.15, -0.1) is 0 Å². The molecule has 1 aliphatic rings. The van der Waals surface area contributed by atoms with Gasteiger partial charge in [-0.25, -0.2) is 0 Å². The SMILES string of the molecule is Cc1c(-c2ccc(CC3(O)CCNCC3)cc2)cnc2ccccc12. The third-order valence-electron chi connectivity index (χ3n) is 5.38. The minimum absolute atomic E-state index is 0.562. The molecule has 0 atom stereocenters. The van der Waals surface area contributed by atoms with Crippen molar-refractivity contribution in [2.24, 2.45) is 0 Å². The Hall–Kier alpha value is -2.23. The molecule has 3 nitrogen and oxygen atoms in total. The van der Waals surface area contributed by atoms with Crippen molar-refractivity contribution in [3.8, 4) is 11.1 Å². The highest BCUT2D eigenvalue weighted by Crippen LogP contribution is 2.29. The van der Waals surface area contributed by atoms with Crippen molar-refractivity contribution in [1.29, 1.82) is 0 Å². The van der Waals surface area contributed by atoms with Crippen molar-refractivity contribution < 1.29 is 5.11 Å². The van der Waals surface area contributed by atoms with Gasteiger partial charge in [0.25, 0.3) is 0 Å². The van der Waals surface area contributed by atoms with E-state index in [4.69, 9.17) is 0 Å². The highest BCUT2D eigenvalue weighted by molar-refractivity contribution is 5.88. The molecule has 0 unspecified atom stereocenters. The predicted octanol–water partition coefficient (Wildman–Crippen LogP) is 3.87.